The average Bonchev–Trinajstić information content (AvgIpc) is 3.90. The molecule has 0 saturated heterocycles. The summed E-state index contributed by atoms with van der Waals surface area (Å²) >= 11 is 0. The molecular weight excluding hydrogens is 681 g/mol. The highest BCUT2D eigenvalue weighted by Gasteiger charge is 2.51. The first-order valence-corrected chi connectivity index (χ1v) is 19.1. The number of fused-ring (bicyclic) bond motifs is 13. The summed E-state index contributed by atoms with van der Waals surface area (Å²) < 4.78 is 0. The minimum atomic E-state index is -0.546. The number of para-hydroxylation sites is 2. The van der Waals surface area contributed by atoms with Crippen LogP contribution in [-0.2, 0) is 5.41 Å². The van der Waals surface area contributed by atoms with Gasteiger partial charge >= 0.3 is 0 Å². The Morgan fingerprint density at radius 1 is 0.321 bits per heavy atom. The molecule has 1 spiro atoms. The number of nitrogens with one attached hydrogen (secondary N) is 1. The van der Waals surface area contributed by atoms with E-state index in [9.17, 15) is 0 Å². The highest BCUT2D eigenvalue weighted by molar-refractivity contribution is 6.12. The van der Waals surface area contributed by atoms with Crippen molar-refractivity contribution < 1.29 is 0 Å². The summed E-state index contributed by atoms with van der Waals surface area (Å²) in [6.45, 7) is 0. The van der Waals surface area contributed by atoms with Crippen LogP contribution >= 0.6 is 0 Å². The molecular formula is C52H32N4. The molecule has 1 atom stereocenters. The number of H-pyrrole nitrogens is 1. The lowest BCUT2D eigenvalue weighted by Crippen LogP contribution is -2.26. The van der Waals surface area contributed by atoms with Gasteiger partial charge in [-0.15, -0.1) is 0 Å². The molecule has 10 aromatic rings. The molecule has 260 valence electrons. The van der Waals surface area contributed by atoms with E-state index in [1.807, 2.05) is 36.4 Å². The summed E-state index contributed by atoms with van der Waals surface area (Å²) in [5.74, 6) is 1.96. The Balaban J connectivity index is 1.12. The van der Waals surface area contributed by atoms with Gasteiger partial charge in [0.1, 0.15) is 0 Å². The summed E-state index contributed by atoms with van der Waals surface area (Å²) in [5, 5.41) is 2.48. The zero-order chi connectivity index (χ0) is 36.8. The summed E-state index contributed by atoms with van der Waals surface area (Å²) in [4.78, 5) is 19.1. The largest absolute Gasteiger partial charge is 0.354 e. The highest BCUT2D eigenvalue weighted by Crippen LogP contribution is 2.63. The van der Waals surface area contributed by atoms with Crippen LogP contribution < -0.4 is 0 Å². The fourth-order valence-corrected chi connectivity index (χ4v) is 9.50. The van der Waals surface area contributed by atoms with Crippen molar-refractivity contribution in [3.05, 3.63) is 210 Å². The summed E-state index contributed by atoms with van der Waals surface area (Å²) in [7, 11) is 0. The van der Waals surface area contributed by atoms with Gasteiger partial charge in [0.25, 0.3) is 0 Å². The molecule has 4 heteroatoms. The zero-order valence-corrected chi connectivity index (χ0v) is 30.2. The molecule has 56 heavy (non-hydrogen) atoms. The van der Waals surface area contributed by atoms with Crippen molar-refractivity contribution >= 4 is 21.8 Å². The number of aromatic amines is 1. The molecule has 2 aromatic heterocycles. The van der Waals surface area contributed by atoms with Crippen molar-refractivity contribution in [1.29, 1.82) is 0 Å². The molecule has 0 saturated carbocycles. The molecule has 1 unspecified atom stereocenters. The van der Waals surface area contributed by atoms with Crippen LogP contribution in [0.1, 0.15) is 22.3 Å². The molecule has 0 bridgehead atoms. The van der Waals surface area contributed by atoms with Crippen LogP contribution in [0.2, 0.25) is 0 Å². The third kappa shape index (κ3) is 4.32. The Kier molecular flexibility index (Phi) is 6.52. The second-order valence-electron chi connectivity index (χ2n) is 14.8. The first-order chi connectivity index (χ1) is 27.8. The van der Waals surface area contributed by atoms with Gasteiger partial charge < -0.3 is 4.98 Å². The van der Waals surface area contributed by atoms with E-state index in [0.717, 1.165) is 27.7 Å². The molecule has 0 fully saturated rings. The second-order valence-corrected chi connectivity index (χ2v) is 14.8. The third-order valence-corrected chi connectivity index (χ3v) is 11.9. The van der Waals surface area contributed by atoms with Crippen molar-refractivity contribution in [1.82, 2.24) is 19.9 Å². The predicted octanol–water partition coefficient (Wildman–Crippen LogP) is 12.5. The quantitative estimate of drug-likeness (QED) is 0.198. The zero-order valence-electron chi connectivity index (χ0n) is 30.2. The van der Waals surface area contributed by atoms with Gasteiger partial charge in [0.15, 0.2) is 17.5 Å². The number of benzene rings is 8. The average molecular weight is 713 g/mol. The van der Waals surface area contributed by atoms with Gasteiger partial charge in [-0.25, -0.2) is 15.0 Å². The Morgan fingerprint density at radius 2 is 0.786 bits per heavy atom. The van der Waals surface area contributed by atoms with E-state index < -0.39 is 5.41 Å². The van der Waals surface area contributed by atoms with Crippen LogP contribution in [0.5, 0.6) is 0 Å². The number of aromatic nitrogens is 4. The molecule has 2 aliphatic carbocycles. The topological polar surface area (TPSA) is 54.5 Å². The molecule has 0 radical (unpaired) electrons. The number of hydrogen-bond donors (Lipinski definition) is 1. The maximum absolute atomic E-state index is 5.15. The normalized spacial score (nSPS) is 14.9. The first kappa shape index (κ1) is 31.0. The summed E-state index contributed by atoms with van der Waals surface area (Å²) in [5.41, 5.74) is 17.1. The Morgan fingerprint density at radius 3 is 1.43 bits per heavy atom. The first-order valence-electron chi connectivity index (χ1n) is 19.1. The van der Waals surface area contributed by atoms with Crippen molar-refractivity contribution in [2.24, 2.45) is 0 Å². The molecule has 1 N–H and O–H groups in total. The van der Waals surface area contributed by atoms with Crippen LogP contribution in [0.25, 0.3) is 89.4 Å². The minimum absolute atomic E-state index is 0.546. The molecule has 8 aromatic carbocycles. The van der Waals surface area contributed by atoms with Crippen molar-refractivity contribution in [2.45, 2.75) is 5.41 Å². The second kappa shape index (κ2) is 11.8. The van der Waals surface area contributed by atoms with E-state index >= 15 is 0 Å². The number of nitrogens with zero attached hydrogens (tertiary/aromatic N) is 3. The standard InChI is InChI=1S/C52H32N4/c1-3-14-32(15-4-1)49-54-50(33-16-5-2-6-17-33)56-51(55-49)35-27-29-40-38-19-8-11-24-44(38)52(46(40)31-35)43-23-10-7-18-37(43)39-28-26-34(30-45(39)52)36-21-13-22-42-41-20-9-12-25-47(41)53-48(36)42/h1-31,53H. The lowest BCUT2D eigenvalue weighted by molar-refractivity contribution is 0.794. The van der Waals surface area contributed by atoms with Crippen LogP contribution in [0.3, 0.4) is 0 Å². The van der Waals surface area contributed by atoms with Crippen LogP contribution in [0.4, 0.5) is 0 Å². The van der Waals surface area contributed by atoms with E-state index in [2.05, 4.69) is 157 Å². The van der Waals surface area contributed by atoms with Gasteiger partial charge in [-0.3, -0.25) is 0 Å². The molecule has 4 nitrogen and oxygen atoms in total. The molecule has 0 amide bonds. The van der Waals surface area contributed by atoms with E-state index in [1.54, 1.807) is 0 Å². The van der Waals surface area contributed by atoms with E-state index in [4.69, 9.17) is 15.0 Å². The third-order valence-electron chi connectivity index (χ3n) is 11.9. The molecule has 2 heterocycles. The maximum atomic E-state index is 5.15. The molecule has 12 rings (SSSR count). The highest BCUT2D eigenvalue weighted by atomic mass is 15.0. The Hall–Kier alpha value is -7.43. The minimum Gasteiger partial charge on any atom is -0.354 e. The molecule has 0 aliphatic heterocycles. The number of hydrogen-bond acceptors (Lipinski definition) is 3. The van der Waals surface area contributed by atoms with E-state index in [0.29, 0.717) is 17.5 Å². The van der Waals surface area contributed by atoms with Crippen molar-refractivity contribution in [3.8, 4) is 67.5 Å². The van der Waals surface area contributed by atoms with Gasteiger partial charge in [-0.05, 0) is 68.3 Å². The number of rotatable bonds is 4. The molecule has 2 aliphatic rings. The van der Waals surface area contributed by atoms with Gasteiger partial charge in [-0.2, -0.15) is 0 Å². The summed E-state index contributed by atoms with van der Waals surface area (Å²) in [6.07, 6.45) is 0. The Labute approximate surface area is 323 Å². The van der Waals surface area contributed by atoms with E-state index in [-0.39, 0.29) is 0 Å². The monoisotopic (exact) mass is 712 g/mol. The predicted molar refractivity (Wildman–Crippen MR) is 227 cm³/mol. The van der Waals surface area contributed by atoms with Gasteiger partial charge in [-0.1, -0.05) is 170 Å². The fourth-order valence-electron chi connectivity index (χ4n) is 9.50. The Bertz CT molecular complexity index is 3130. The fraction of sp³-hybridized carbons (Fsp3) is 0.0192. The van der Waals surface area contributed by atoms with Crippen molar-refractivity contribution in [3.63, 3.8) is 0 Å². The van der Waals surface area contributed by atoms with Crippen LogP contribution in [0.15, 0.2) is 188 Å². The smallest absolute Gasteiger partial charge is 0.164 e. The van der Waals surface area contributed by atoms with Crippen LogP contribution in [-0.4, -0.2) is 19.9 Å². The maximum Gasteiger partial charge on any atom is 0.164 e. The van der Waals surface area contributed by atoms with Gasteiger partial charge in [0.2, 0.25) is 0 Å². The van der Waals surface area contributed by atoms with Gasteiger partial charge in [0.05, 0.1) is 10.9 Å². The van der Waals surface area contributed by atoms with Crippen LogP contribution in [0, 0.1) is 0 Å². The van der Waals surface area contributed by atoms with E-state index in [1.165, 1.54) is 66.4 Å². The van der Waals surface area contributed by atoms with Crippen molar-refractivity contribution in [2.75, 3.05) is 0 Å². The lowest BCUT2D eigenvalue weighted by Gasteiger charge is -2.31. The lowest BCUT2D eigenvalue weighted by atomic mass is 9.70. The van der Waals surface area contributed by atoms with Gasteiger partial charge in [0, 0.05) is 38.5 Å². The SMILES string of the molecule is c1ccc(-c2nc(-c3ccccc3)nc(-c3ccc4c(c3)C3(c5ccccc5-4)c4ccccc4-c4ccc(-c5cccc6c5[nH]c5ccccc56)cc43)n2)cc1. The summed E-state index contributed by atoms with van der Waals surface area (Å²) in [6, 6.07) is 67.5.